The Hall–Kier alpha value is -2.97. The molecule has 8 nitrogen and oxygen atoms in total. The third kappa shape index (κ3) is 5.28. The van der Waals surface area contributed by atoms with Crippen molar-refractivity contribution in [3.8, 4) is 5.75 Å². The van der Waals surface area contributed by atoms with Gasteiger partial charge in [-0.25, -0.2) is 19.2 Å². The quantitative estimate of drug-likeness (QED) is 0.795. The van der Waals surface area contributed by atoms with E-state index in [2.05, 4.69) is 15.0 Å². The monoisotopic (exact) mass is 389 g/mol. The number of halogens is 1. The van der Waals surface area contributed by atoms with Gasteiger partial charge in [0.1, 0.15) is 18.0 Å². The lowest BCUT2D eigenvalue weighted by molar-refractivity contribution is 0.0240. The summed E-state index contributed by atoms with van der Waals surface area (Å²) >= 11 is 0. The zero-order valence-corrected chi connectivity index (χ0v) is 16.3. The van der Waals surface area contributed by atoms with Crippen molar-refractivity contribution >= 4 is 12.0 Å². The van der Waals surface area contributed by atoms with Crippen LogP contribution in [0, 0.1) is 5.82 Å². The summed E-state index contributed by atoms with van der Waals surface area (Å²) in [5, 5.41) is 0. The fourth-order valence-electron chi connectivity index (χ4n) is 2.64. The normalized spacial score (nSPS) is 14.7. The third-order valence-electron chi connectivity index (χ3n) is 4.08. The molecule has 0 radical (unpaired) electrons. The van der Waals surface area contributed by atoms with E-state index in [4.69, 9.17) is 9.47 Å². The number of amides is 1. The molecule has 0 aromatic carbocycles. The number of ether oxygens (including phenoxy) is 2. The maximum Gasteiger partial charge on any atom is 0.410 e. The topological polar surface area (TPSA) is 80.7 Å². The standard InChI is InChI=1S/C19H24FN5O3/c1-19(2,3)28-18(26)25-8-6-24(7-9-25)17-22-10-15(11-23-17)27-13-14-4-5-21-12-16(14)20/h4-5,10-12H,6-9,13H2,1-3H3. The molecule has 3 heterocycles. The summed E-state index contributed by atoms with van der Waals surface area (Å²) < 4.78 is 24.5. The van der Waals surface area contributed by atoms with Crippen LogP contribution >= 0.6 is 0 Å². The van der Waals surface area contributed by atoms with Crippen molar-refractivity contribution in [2.75, 3.05) is 31.1 Å². The predicted octanol–water partition coefficient (Wildman–Crippen LogP) is 2.65. The van der Waals surface area contributed by atoms with E-state index in [9.17, 15) is 9.18 Å². The van der Waals surface area contributed by atoms with Crippen LogP contribution in [-0.2, 0) is 11.3 Å². The molecule has 0 saturated carbocycles. The molecule has 1 aliphatic heterocycles. The Bertz CT molecular complexity index is 802. The number of piperazine rings is 1. The molecule has 1 amide bonds. The lowest BCUT2D eigenvalue weighted by Gasteiger charge is -2.35. The Morgan fingerprint density at radius 1 is 1.14 bits per heavy atom. The van der Waals surface area contributed by atoms with Gasteiger partial charge in [0.25, 0.3) is 0 Å². The lowest BCUT2D eigenvalue weighted by Crippen LogP contribution is -2.50. The van der Waals surface area contributed by atoms with E-state index in [1.54, 1.807) is 23.4 Å². The van der Waals surface area contributed by atoms with Gasteiger partial charge >= 0.3 is 6.09 Å². The Kier molecular flexibility index (Phi) is 5.91. The first kappa shape index (κ1) is 19.8. The van der Waals surface area contributed by atoms with Gasteiger partial charge in [-0.2, -0.15) is 0 Å². The summed E-state index contributed by atoms with van der Waals surface area (Å²) in [6.07, 6.45) is 5.47. The summed E-state index contributed by atoms with van der Waals surface area (Å²) in [4.78, 5) is 28.1. The van der Waals surface area contributed by atoms with E-state index in [0.717, 1.165) is 6.20 Å². The highest BCUT2D eigenvalue weighted by atomic mass is 19.1. The maximum atomic E-state index is 13.6. The van der Waals surface area contributed by atoms with E-state index in [0.29, 0.717) is 43.4 Å². The molecular formula is C19H24FN5O3. The van der Waals surface area contributed by atoms with Crippen LogP contribution < -0.4 is 9.64 Å². The minimum Gasteiger partial charge on any atom is -0.486 e. The van der Waals surface area contributed by atoms with E-state index < -0.39 is 11.4 Å². The van der Waals surface area contributed by atoms with Gasteiger partial charge in [-0.05, 0) is 26.8 Å². The van der Waals surface area contributed by atoms with Crippen LogP contribution in [0.25, 0.3) is 0 Å². The number of pyridine rings is 1. The molecule has 0 spiro atoms. The summed E-state index contributed by atoms with van der Waals surface area (Å²) in [5.41, 5.74) is -0.0934. The Morgan fingerprint density at radius 2 is 1.82 bits per heavy atom. The van der Waals surface area contributed by atoms with Crippen LogP contribution in [0.4, 0.5) is 15.1 Å². The van der Waals surface area contributed by atoms with Crippen LogP contribution in [0.1, 0.15) is 26.3 Å². The van der Waals surface area contributed by atoms with Crippen LogP contribution in [-0.4, -0.2) is 57.7 Å². The van der Waals surface area contributed by atoms with E-state index in [-0.39, 0.29) is 12.7 Å². The van der Waals surface area contributed by atoms with Crippen LogP contribution in [0.15, 0.2) is 30.9 Å². The summed E-state index contributed by atoms with van der Waals surface area (Å²) in [6, 6.07) is 1.56. The first-order valence-corrected chi connectivity index (χ1v) is 9.08. The molecule has 0 bridgehead atoms. The highest BCUT2D eigenvalue weighted by molar-refractivity contribution is 5.68. The number of hydrogen-bond donors (Lipinski definition) is 0. The molecule has 0 N–H and O–H groups in total. The molecular weight excluding hydrogens is 365 g/mol. The zero-order chi connectivity index (χ0) is 20.1. The van der Waals surface area contributed by atoms with Gasteiger partial charge in [0.15, 0.2) is 5.75 Å². The first-order valence-electron chi connectivity index (χ1n) is 9.08. The predicted molar refractivity (Wildman–Crippen MR) is 101 cm³/mol. The largest absolute Gasteiger partial charge is 0.486 e. The Balaban J connectivity index is 1.51. The molecule has 0 aliphatic carbocycles. The van der Waals surface area contributed by atoms with Gasteiger partial charge in [-0.3, -0.25) is 4.98 Å². The highest BCUT2D eigenvalue weighted by Crippen LogP contribution is 2.17. The fourth-order valence-corrected chi connectivity index (χ4v) is 2.64. The molecule has 3 rings (SSSR count). The third-order valence-corrected chi connectivity index (χ3v) is 4.08. The minimum atomic E-state index is -0.508. The fraction of sp³-hybridized carbons (Fsp3) is 0.474. The van der Waals surface area contributed by atoms with Crippen LogP contribution in [0.5, 0.6) is 5.75 Å². The number of anilines is 1. The molecule has 1 fully saturated rings. The second kappa shape index (κ2) is 8.37. The molecule has 150 valence electrons. The van der Waals surface area contributed by atoms with Crippen LogP contribution in [0.2, 0.25) is 0 Å². The van der Waals surface area contributed by atoms with Gasteiger partial charge in [-0.1, -0.05) is 0 Å². The van der Waals surface area contributed by atoms with Crippen molar-refractivity contribution in [1.82, 2.24) is 19.9 Å². The SMILES string of the molecule is CC(C)(C)OC(=O)N1CCN(c2ncc(OCc3ccncc3F)cn2)CC1. The van der Waals surface area contributed by atoms with Gasteiger partial charge in [0.05, 0.1) is 18.6 Å². The summed E-state index contributed by atoms with van der Waals surface area (Å²) in [6.45, 7) is 7.93. The minimum absolute atomic E-state index is 0.0750. The van der Waals surface area contributed by atoms with Crippen molar-refractivity contribution in [1.29, 1.82) is 0 Å². The van der Waals surface area contributed by atoms with Gasteiger partial charge in [0.2, 0.25) is 5.95 Å². The number of aromatic nitrogens is 3. The van der Waals surface area contributed by atoms with E-state index >= 15 is 0 Å². The molecule has 28 heavy (non-hydrogen) atoms. The zero-order valence-electron chi connectivity index (χ0n) is 16.3. The molecule has 9 heteroatoms. The number of carbonyl (C=O) groups excluding carboxylic acids is 1. The smallest absolute Gasteiger partial charge is 0.410 e. The average molecular weight is 389 g/mol. The number of nitrogens with zero attached hydrogens (tertiary/aromatic N) is 5. The molecule has 1 aliphatic rings. The summed E-state index contributed by atoms with van der Waals surface area (Å²) in [5.74, 6) is 0.599. The second-order valence-electron chi connectivity index (χ2n) is 7.43. The number of hydrogen-bond acceptors (Lipinski definition) is 7. The molecule has 2 aromatic heterocycles. The Morgan fingerprint density at radius 3 is 2.43 bits per heavy atom. The van der Waals surface area contributed by atoms with Gasteiger partial charge < -0.3 is 19.3 Å². The Labute approximate surface area is 163 Å². The van der Waals surface area contributed by atoms with Crippen molar-refractivity contribution in [3.05, 3.63) is 42.2 Å². The van der Waals surface area contributed by atoms with E-state index in [1.807, 2.05) is 25.7 Å². The molecule has 0 unspecified atom stereocenters. The van der Waals surface area contributed by atoms with E-state index in [1.165, 1.54) is 6.20 Å². The van der Waals surface area contributed by atoms with Crippen molar-refractivity contribution in [3.63, 3.8) is 0 Å². The lowest BCUT2D eigenvalue weighted by atomic mass is 10.2. The molecule has 2 aromatic rings. The number of rotatable bonds is 4. The number of carbonyl (C=O) groups is 1. The first-order chi connectivity index (χ1) is 13.3. The highest BCUT2D eigenvalue weighted by Gasteiger charge is 2.26. The maximum absolute atomic E-state index is 13.6. The van der Waals surface area contributed by atoms with Gasteiger partial charge in [-0.15, -0.1) is 0 Å². The average Bonchev–Trinajstić information content (AvgIpc) is 2.67. The summed E-state index contributed by atoms with van der Waals surface area (Å²) in [7, 11) is 0. The van der Waals surface area contributed by atoms with Gasteiger partial charge in [0, 0.05) is 37.9 Å². The van der Waals surface area contributed by atoms with Crippen LogP contribution in [0.3, 0.4) is 0 Å². The van der Waals surface area contributed by atoms with Crippen molar-refractivity contribution in [2.45, 2.75) is 33.0 Å². The molecule has 1 saturated heterocycles. The van der Waals surface area contributed by atoms with Crippen molar-refractivity contribution in [2.24, 2.45) is 0 Å². The van der Waals surface area contributed by atoms with Crippen molar-refractivity contribution < 1.29 is 18.7 Å². The second-order valence-corrected chi connectivity index (χ2v) is 7.43. The molecule has 0 atom stereocenters.